The average molecular weight is 359 g/mol. The van der Waals surface area contributed by atoms with Gasteiger partial charge in [-0.15, -0.1) is 11.6 Å². The molecule has 1 aromatic carbocycles. The highest BCUT2D eigenvalue weighted by molar-refractivity contribution is 7.89. The van der Waals surface area contributed by atoms with Gasteiger partial charge in [-0.05, 0) is 31.0 Å². The van der Waals surface area contributed by atoms with E-state index < -0.39 is 10.0 Å². The van der Waals surface area contributed by atoms with Crippen LogP contribution in [0.25, 0.3) is 0 Å². The second-order valence-corrected chi connectivity index (χ2v) is 7.72. The Morgan fingerprint density at radius 3 is 2.40 bits per heavy atom. The number of benzene rings is 1. The van der Waals surface area contributed by atoms with Crippen molar-refractivity contribution in [1.82, 2.24) is 4.31 Å². The molecule has 0 aliphatic heterocycles. The SMILES string of the molecule is CCCC(C)N(C)S(=O)(=O)c1cc(Cl)cc(CCl)c1Cl. The lowest BCUT2D eigenvalue weighted by molar-refractivity contribution is 0.369. The van der Waals surface area contributed by atoms with E-state index in [1.54, 1.807) is 13.1 Å². The molecule has 0 spiro atoms. The summed E-state index contributed by atoms with van der Waals surface area (Å²) in [6.07, 6.45) is 1.67. The van der Waals surface area contributed by atoms with Crippen LogP contribution in [0, 0.1) is 0 Å². The van der Waals surface area contributed by atoms with E-state index in [0.29, 0.717) is 10.6 Å². The Morgan fingerprint density at radius 1 is 1.30 bits per heavy atom. The Labute approximate surface area is 135 Å². The van der Waals surface area contributed by atoms with E-state index in [2.05, 4.69) is 0 Å². The highest BCUT2D eigenvalue weighted by Gasteiger charge is 2.28. The van der Waals surface area contributed by atoms with E-state index in [-0.39, 0.29) is 21.8 Å². The molecule has 0 fully saturated rings. The molecule has 0 heterocycles. The lowest BCUT2D eigenvalue weighted by Crippen LogP contribution is -2.35. The number of hydrogen-bond donors (Lipinski definition) is 0. The average Bonchev–Trinajstić information content (AvgIpc) is 2.40. The summed E-state index contributed by atoms with van der Waals surface area (Å²) in [6.45, 7) is 3.87. The fraction of sp³-hybridized carbons (Fsp3) is 0.538. The van der Waals surface area contributed by atoms with E-state index in [4.69, 9.17) is 34.8 Å². The topological polar surface area (TPSA) is 37.4 Å². The predicted molar refractivity (Wildman–Crippen MR) is 85.3 cm³/mol. The van der Waals surface area contributed by atoms with E-state index in [9.17, 15) is 8.42 Å². The molecule has 1 atom stereocenters. The molecule has 0 aromatic heterocycles. The summed E-state index contributed by atoms with van der Waals surface area (Å²) in [5, 5.41) is 0.445. The largest absolute Gasteiger partial charge is 0.244 e. The molecule has 0 saturated carbocycles. The number of sulfonamides is 1. The second-order valence-electron chi connectivity index (χ2n) is 4.67. The predicted octanol–water partition coefficient (Wildman–Crippen LogP) is 4.54. The molecule has 0 aliphatic carbocycles. The Morgan fingerprint density at radius 2 is 1.90 bits per heavy atom. The maximum absolute atomic E-state index is 12.6. The summed E-state index contributed by atoms with van der Waals surface area (Å²) < 4.78 is 26.6. The molecule has 0 bridgehead atoms. The van der Waals surface area contributed by atoms with Crippen molar-refractivity contribution >= 4 is 44.8 Å². The van der Waals surface area contributed by atoms with Crippen LogP contribution >= 0.6 is 34.8 Å². The molecule has 0 saturated heterocycles. The van der Waals surface area contributed by atoms with Gasteiger partial charge in [-0.1, -0.05) is 36.5 Å². The van der Waals surface area contributed by atoms with Gasteiger partial charge >= 0.3 is 0 Å². The van der Waals surface area contributed by atoms with Crippen molar-refractivity contribution in [2.24, 2.45) is 0 Å². The van der Waals surface area contributed by atoms with Gasteiger partial charge in [0.05, 0.1) is 5.02 Å². The first-order valence-electron chi connectivity index (χ1n) is 6.27. The van der Waals surface area contributed by atoms with Crippen LogP contribution in [0.15, 0.2) is 17.0 Å². The molecule has 0 aliphatic rings. The van der Waals surface area contributed by atoms with E-state index in [1.165, 1.54) is 10.4 Å². The molecule has 7 heteroatoms. The number of halogens is 3. The first kappa shape index (κ1) is 18.1. The van der Waals surface area contributed by atoms with Gasteiger partial charge in [0.1, 0.15) is 4.90 Å². The Hall–Kier alpha value is -0.000000000000000111. The van der Waals surface area contributed by atoms with Gasteiger partial charge in [-0.25, -0.2) is 8.42 Å². The zero-order chi connectivity index (χ0) is 15.5. The van der Waals surface area contributed by atoms with Crippen molar-refractivity contribution in [3.8, 4) is 0 Å². The summed E-state index contributed by atoms with van der Waals surface area (Å²) in [7, 11) is -2.14. The minimum absolute atomic E-state index is 0.00719. The van der Waals surface area contributed by atoms with Crippen molar-refractivity contribution in [2.75, 3.05) is 7.05 Å². The Balaban J connectivity index is 3.32. The summed E-state index contributed by atoms with van der Waals surface area (Å²) in [4.78, 5) is 0.00719. The van der Waals surface area contributed by atoms with Crippen molar-refractivity contribution in [3.05, 3.63) is 27.7 Å². The van der Waals surface area contributed by atoms with E-state index in [0.717, 1.165) is 12.8 Å². The smallest absolute Gasteiger partial charge is 0.207 e. The van der Waals surface area contributed by atoms with Crippen LogP contribution in [0.2, 0.25) is 10.0 Å². The minimum Gasteiger partial charge on any atom is -0.207 e. The molecule has 0 N–H and O–H groups in total. The molecule has 0 radical (unpaired) electrons. The number of alkyl halides is 1. The summed E-state index contributed by atoms with van der Waals surface area (Å²) in [5.74, 6) is 0.107. The van der Waals surface area contributed by atoms with Gasteiger partial charge in [0.15, 0.2) is 0 Å². The lowest BCUT2D eigenvalue weighted by atomic mass is 10.2. The quantitative estimate of drug-likeness (QED) is 0.700. The van der Waals surface area contributed by atoms with Gasteiger partial charge in [-0.2, -0.15) is 4.31 Å². The minimum atomic E-state index is -3.69. The van der Waals surface area contributed by atoms with Gasteiger partial charge < -0.3 is 0 Å². The van der Waals surface area contributed by atoms with Crippen LogP contribution in [0.5, 0.6) is 0 Å². The van der Waals surface area contributed by atoms with Crippen LogP contribution in [0.4, 0.5) is 0 Å². The zero-order valence-electron chi connectivity index (χ0n) is 11.7. The highest BCUT2D eigenvalue weighted by Crippen LogP contribution is 2.32. The van der Waals surface area contributed by atoms with Crippen molar-refractivity contribution in [2.45, 2.75) is 43.5 Å². The van der Waals surface area contributed by atoms with Crippen molar-refractivity contribution in [1.29, 1.82) is 0 Å². The third kappa shape index (κ3) is 3.80. The molecule has 20 heavy (non-hydrogen) atoms. The molecular weight excluding hydrogens is 341 g/mol. The summed E-state index contributed by atoms with van der Waals surface area (Å²) in [6, 6.07) is 2.83. The molecule has 114 valence electrons. The van der Waals surface area contributed by atoms with Crippen LogP contribution in [-0.2, 0) is 15.9 Å². The van der Waals surface area contributed by atoms with Gasteiger partial charge in [0.2, 0.25) is 10.0 Å². The van der Waals surface area contributed by atoms with Crippen molar-refractivity contribution in [3.63, 3.8) is 0 Å². The first-order chi connectivity index (χ1) is 9.25. The lowest BCUT2D eigenvalue weighted by Gasteiger charge is -2.25. The zero-order valence-corrected chi connectivity index (χ0v) is 14.7. The maximum Gasteiger partial charge on any atom is 0.244 e. The van der Waals surface area contributed by atoms with Gasteiger partial charge in [-0.3, -0.25) is 0 Å². The Bertz CT molecular complexity index is 575. The normalized spacial score (nSPS) is 13.8. The van der Waals surface area contributed by atoms with Crippen molar-refractivity contribution < 1.29 is 8.42 Å². The fourth-order valence-corrected chi connectivity index (χ4v) is 4.47. The standard InChI is InChI=1S/C13H18Cl3NO2S/c1-4-5-9(2)17(3)20(18,19)12-7-11(15)6-10(8-14)13(12)16/h6-7,9H,4-5,8H2,1-3H3. The number of rotatable bonds is 6. The van der Waals surface area contributed by atoms with Crippen LogP contribution in [0.3, 0.4) is 0 Å². The number of hydrogen-bond acceptors (Lipinski definition) is 2. The molecule has 1 rings (SSSR count). The maximum atomic E-state index is 12.6. The van der Waals surface area contributed by atoms with E-state index >= 15 is 0 Å². The molecule has 3 nitrogen and oxygen atoms in total. The monoisotopic (exact) mass is 357 g/mol. The van der Waals surface area contributed by atoms with Gasteiger partial charge in [0, 0.05) is 24.0 Å². The Kier molecular flexibility index (Phi) is 6.61. The third-order valence-corrected chi connectivity index (χ3v) is 6.27. The number of nitrogens with zero attached hydrogens (tertiary/aromatic N) is 1. The summed E-state index contributed by atoms with van der Waals surface area (Å²) in [5.41, 5.74) is 0.510. The van der Waals surface area contributed by atoms with E-state index in [1.807, 2.05) is 13.8 Å². The third-order valence-electron chi connectivity index (χ3n) is 3.21. The molecular formula is C13H18Cl3NO2S. The van der Waals surface area contributed by atoms with Crippen LogP contribution < -0.4 is 0 Å². The molecule has 1 unspecified atom stereocenters. The van der Waals surface area contributed by atoms with Gasteiger partial charge in [0.25, 0.3) is 0 Å². The highest BCUT2D eigenvalue weighted by atomic mass is 35.5. The fourth-order valence-electron chi connectivity index (χ4n) is 1.89. The van der Waals surface area contributed by atoms with Crippen LogP contribution in [-0.4, -0.2) is 25.8 Å². The summed E-state index contributed by atoms with van der Waals surface area (Å²) >= 11 is 17.9. The second kappa shape index (κ2) is 7.32. The molecule has 1 aromatic rings. The molecule has 0 amide bonds. The first-order valence-corrected chi connectivity index (χ1v) is 9.00. The van der Waals surface area contributed by atoms with Crippen LogP contribution in [0.1, 0.15) is 32.3 Å².